The van der Waals surface area contributed by atoms with Crippen molar-refractivity contribution in [2.45, 2.75) is 103 Å². The van der Waals surface area contributed by atoms with Crippen LogP contribution in [0, 0.1) is 23.7 Å². The predicted octanol–water partition coefficient (Wildman–Crippen LogP) is 6.54. The highest BCUT2D eigenvalue weighted by molar-refractivity contribution is 6.00. The number of carboxylic acid groups (broad SMARTS) is 1. The molecule has 1 aromatic heterocycles. The molecule has 10 nitrogen and oxygen atoms in total. The molecule has 1 saturated heterocycles. The zero-order chi connectivity index (χ0) is 32.3. The van der Waals surface area contributed by atoms with Gasteiger partial charge in [-0.15, -0.1) is 0 Å². The SMILES string of the molecule is CC(C)(C)OC(=O)N[C@@H](CF)[C@H]1CC[C@H](C(=O)N2CC[C@@H](C3CCCCC3)[C@H]2C(=O)Nc2ccc3oc(C(=O)O)cc3c2)CC1. The Bertz CT molecular complexity index is 1390. The van der Waals surface area contributed by atoms with Crippen LogP contribution in [0.25, 0.3) is 11.0 Å². The summed E-state index contributed by atoms with van der Waals surface area (Å²) in [5.41, 5.74) is 0.246. The van der Waals surface area contributed by atoms with E-state index in [4.69, 9.17) is 9.15 Å². The number of furan rings is 1. The number of ether oxygens (including phenoxy) is 1. The third kappa shape index (κ3) is 7.79. The Labute approximate surface area is 263 Å². The lowest BCUT2D eigenvalue weighted by molar-refractivity contribution is -0.142. The molecule has 3 fully saturated rings. The van der Waals surface area contributed by atoms with E-state index < -0.39 is 36.4 Å². The zero-order valence-electron chi connectivity index (χ0n) is 26.5. The van der Waals surface area contributed by atoms with Crippen LogP contribution in [0.4, 0.5) is 14.9 Å². The summed E-state index contributed by atoms with van der Waals surface area (Å²) >= 11 is 0. The van der Waals surface area contributed by atoms with Crippen LogP contribution in [0.2, 0.25) is 0 Å². The maximum absolute atomic E-state index is 14.0. The van der Waals surface area contributed by atoms with Crippen molar-refractivity contribution in [2.75, 3.05) is 18.5 Å². The Morgan fingerprint density at radius 2 is 1.73 bits per heavy atom. The van der Waals surface area contributed by atoms with Crippen molar-refractivity contribution in [3.8, 4) is 0 Å². The van der Waals surface area contributed by atoms with Crippen molar-refractivity contribution < 1.29 is 37.8 Å². The van der Waals surface area contributed by atoms with Crippen molar-refractivity contribution in [3.05, 3.63) is 30.0 Å². The molecular formula is C34H46FN3O7. The number of likely N-dealkylation sites (tertiary alicyclic amines) is 1. The molecule has 1 aromatic carbocycles. The number of halogens is 1. The van der Waals surface area contributed by atoms with Crippen molar-refractivity contribution in [1.29, 1.82) is 0 Å². The van der Waals surface area contributed by atoms with Gasteiger partial charge >= 0.3 is 12.1 Å². The molecule has 2 saturated carbocycles. The van der Waals surface area contributed by atoms with Gasteiger partial charge in [-0.25, -0.2) is 14.0 Å². The number of hydrogen-bond acceptors (Lipinski definition) is 6. The van der Waals surface area contributed by atoms with Crippen LogP contribution < -0.4 is 10.6 Å². The second-order valence-corrected chi connectivity index (χ2v) is 14.0. The van der Waals surface area contributed by atoms with Crippen LogP contribution in [-0.4, -0.2) is 64.8 Å². The van der Waals surface area contributed by atoms with Crippen molar-refractivity contribution in [2.24, 2.45) is 23.7 Å². The van der Waals surface area contributed by atoms with Gasteiger partial charge in [0.2, 0.25) is 17.6 Å². The first-order valence-corrected chi connectivity index (χ1v) is 16.4. The van der Waals surface area contributed by atoms with Crippen molar-refractivity contribution in [1.82, 2.24) is 10.2 Å². The minimum Gasteiger partial charge on any atom is -0.475 e. The third-order valence-corrected chi connectivity index (χ3v) is 9.80. The standard InChI is InChI=1S/C34H46FN3O7/c1-34(2,3)45-33(43)37-26(19-35)21-9-11-22(12-10-21)31(40)38-16-15-25(20-7-5-4-6-8-20)29(38)30(39)36-24-13-14-27-23(17-24)18-28(44-27)32(41)42/h13-14,17-18,20-22,25-26,29H,4-12,15-16,19H2,1-3H3,(H,36,39)(H,37,43)(H,41,42)/t21-,22-,25-,26-,29-/m0/s1. The van der Waals surface area contributed by atoms with Crippen LogP contribution in [0.1, 0.15) is 95.5 Å². The van der Waals surface area contributed by atoms with Gasteiger partial charge < -0.3 is 29.8 Å². The van der Waals surface area contributed by atoms with E-state index >= 15 is 0 Å². The van der Waals surface area contributed by atoms with E-state index in [9.17, 15) is 28.7 Å². The number of carbonyl (C=O) groups excluding carboxylic acids is 3. The summed E-state index contributed by atoms with van der Waals surface area (Å²) in [7, 11) is 0. The molecule has 11 heteroatoms. The highest BCUT2D eigenvalue weighted by Gasteiger charge is 2.47. The fourth-order valence-corrected chi connectivity index (χ4v) is 7.64. The van der Waals surface area contributed by atoms with Gasteiger partial charge in [0.1, 0.15) is 23.9 Å². The van der Waals surface area contributed by atoms with Crippen LogP contribution in [0.3, 0.4) is 0 Å². The lowest BCUT2D eigenvalue weighted by Crippen LogP contribution is -2.50. The Morgan fingerprint density at radius 1 is 1.02 bits per heavy atom. The third-order valence-electron chi connectivity index (χ3n) is 9.80. The first kappa shape index (κ1) is 32.8. The van der Waals surface area contributed by atoms with Gasteiger partial charge in [0.05, 0.1) is 6.04 Å². The van der Waals surface area contributed by atoms with Gasteiger partial charge in [-0.3, -0.25) is 9.59 Å². The normalized spacial score (nSPS) is 25.1. The van der Waals surface area contributed by atoms with Crippen molar-refractivity contribution >= 4 is 40.5 Å². The molecule has 3 aliphatic rings. The topological polar surface area (TPSA) is 138 Å². The van der Waals surface area contributed by atoms with E-state index in [0.717, 1.165) is 32.1 Å². The number of rotatable bonds is 8. The molecule has 3 amide bonds. The molecule has 246 valence electrons. The second-order valence-electron chi connectivity index (χ2n) is 14.0. The molecule has 2 aliphatic carbocycles. The average Bonchev–Trinajstić information content (AvgIpc) is 3.64. The molecule has 0 spiro atoms. The number of nitrogens with zero attached hydrogens (tertiary/aromatic N) is 1. The minimum absolute atomic E-state index is 0.0276. The van der Waals surface area contributed by atoms with Crippen LogP contribution in [0.15, 0.2) is 28.7 Å². The fraction of sp³-hybridized carbons (Fsp3) is 0.647. The van der Waals surface area contributed by atoms with Gasteiger partial charge in [-0.2, -0.15) is 0 Å². The summed E-state index contributed by atoms with van der Waals surface area (Å²) in [4.78, 5) is 53.4. The number of benzene rings is 1. The Balaban J connectivity index is 1.27. The molecule has 3 N–H and O–H groups in total. The maximum Gasteiger partial charge on any atom is 0.407 e. The lowest BCUT2D eigenvalue weighted by Gasteiger charge is -2.37. The lowest BCUT2D eigenvalue weighted by atomic mass is 9.76. The number of aromatic carboxylic acids is 1. The number of anilines is 1. The van der Waals surface area contributed by atoms with E-state index in [0.29, 0.717) is 54.8 Å². The van der Waals surface area contributed by atoms with Gasteiger partial charge in [-0.1, -0.05) is 32.1 Å². The van der Waals surface area contributed by atoms with E-state index in [-0.39, 0.29) is 35.3 Å². The Morgan fingerprint density at radius 3 is 2.38 bits per heavy atom. The highest BCUT2D eigenvalue weighted by Crippen LogP contribution is 2.41. The molecule has 0 radical (unpaired) electrons. The van der Waals surface area contributed by atoms with Gasteiger partial charge in [0.15, 0.2) is 0 Å². The molecule has 5 rings (SSSR count). The van der Waals surface area contributed by atoms with Gasteiger partial charge in [-0.05, 0) is 94.9 Å². The molecular weight excluding hydrogens is 581 g/mol. The van der Waals surface area contributed by atoms with Gasteiger partial charge in [0, 0.05) is 23.5 Å². The summed E-state index contributed by atoms with van der Waals surface area (Å²) < 4.78 is 24.6. The molecule has 0 bridgehead atoms. The predicted molar refractivity (Wildman–Crippen MR) is 167 cm³/mol. The van der Waals surface area contributed by atoms with Gasteiger partial charge in [0.25, 0.3) is 0 Å². The number of nitrogens with one attached hydrogen (secondary N) is 2. The molecule has 3 atom stereocenters. The largest absolute Gasteiger partial charge is 0.475 e. The molecule has 45 heavy (non-hydrogen) atoms. The maximum atomic E-state index is 14.0. The Kier molecular flexibility index (Phi) is 10.0. The molecule has 0 unspecified atom stereocenters. The van der Waals surface area contributed by atoms with Crippen LogP contribution in [-0.2, 0) is 14.3 Å². The first-order valence-electron chi connectivity index (χ1n) is 16.4. The second kappa shape index (κ2) is 13.8. The quantitative estimate of drug-likeness (QED) is 0.302. The monoisotopic (exact) mass is 627 g/mol. The number of alkyl carbamates (subject to hydrolysis) is 1. The average molecular weight is 628 g/mol. The molecule has 2 heterocycles. The first-order chi connectivity index (χ1) is 21.4. The fourth-order valence-electron chi connectivity index (χ4n) is 7.64. The summed E-state index contributed by atoms with van der Waals surface area (Å²) in [5.74, 6) is -1.52. The summed E-state index contributed by atoms with van der Waals surface area (Å²) in [6.07, 6.45) is 8.02. The highest BCUT2D eigenvalue weighted by atomic mass is 19.1. The van der Waals surface area contributed by atoms with E-state index in [1.54, 1.807) is 43.9 Å². The number of carboxylic acids is 1. The van der Waals surface area contributed by atoms with Crippen LogP contribution in [0.5, 0.6) is 0 Å². The number of amides is 3. The van der Waals surface area contributed by atoms with E-state index in [2.05, 4.69) is 10.6 Å². The number of carbonyl (C=O) groups is 4. The zero-order valence-corrected chi connectivity index (χ0v) is 26.5. The number of alkyl halides is 1. The number of fused-ring (bicyclic) bond motifs is 1. The molecule has 2 aromatic rings. The summed E-state index contributed by atoms with van der Waals surface area (Å²) in [5, 5.41) is 15.5. The summed E-state index contributed by atoms with van der Waals surface area (Å²) in [6.45, 7) is 5.09. The van der Waals surface area contributed by atoms with Crippen molar-refractivity contribution in [3.63, 3.8) is 0 Å². The van der Waals surface area contributed by atoms with E-state index in [1.807, 2.05) is 0 Å². The Hall–Kier alpha value is -3.63. The van der Waals surface area contributed by atoms with E-state index in [1.165, 1.54) is 12.5 Å². The minimum atomic E-state index is -1.17. The smallest absolute Gasteiger partial charge is 0.407 e. The van der Waals surface area contributed by atoms with Crippen LogP contribution >= 0.6 is 0 Å². The summed E-state index contributed by atoms with van der Waals surface area (Å²) in [6, 6.07) is 5.16. The number of hydrogen-bond donors (Lipinski definition) is 3. The molecule has 1 aliphatic heterocycles.